The van der Waals surface area contributed by atoms with Crippen LogP contribution in [-0.2, 0) is 6.42 Å². The zero-order valence-corrected chi connectivity index (χ0v) is 15.3. The van der Waals surface area contributed by atoms with Crippen LogP contribution in [0.25, 0.3) is 0 Å². The predicted molar refractivity (Wildman–Crippen MR) is 104 cm³/mol. The van der Waals surface area contributed by atoms with E-state index in [1.165, 1.54) is 6.20 Å². The highest BCUT2D eigenvalue weighted by Gasteiger charge is 2.11. The molecule has 7 heteroatoms. The molecule has 2 N–H and O–H groups in total. The number of benzene rings is 2. The number of para-hydroxylation sites is 1. The van der Waals surface area contributed by atoms with Gasteiger partial charge in [0, 0.05) is 12.7 Å². The molecule has 0 atom stereocenters. The minimum absolute atomic E-state index is 0.246. The van der Waals surface area contributed by atoms with E-state index < -0.39 is 0 Å². The van der Waals surface area contributed by atoms with Crippen LogP contribution in [0.3, 0.4) is 0 Å². The van der Waals surface area contributed by atoms with Gasteiger partial charge in [0.2, 0.25) is 5.95 Å². The molecular formula is C19H16Cl2N4O. The molecule has 0 aliphatic rings. The number of nitrogens with one attached hydrogen (secondary N) is 2. The maximum atomic E-state index is 12.3. The summed E-state index contributed by atoms with van der Waals surface area (Å²) < 4.78 is 0. The number of amides is 1. The first-order chi connectivity index (χ1) is 12.6. The lowest BCUT2D eigenvalue weighted by atomic mass is 10.1. The summed E-state index contributed by atoms with van der Waals surface area (Å²) in [6.07, 6.45) is 2.25. The van der Waals surface area contributed by atoms with Gasteiger partial charge in [-0.1, -0.05) is 59.6 Å². The minimum atomic E-state index is -0.267. The summed E-state index contributed by atoms with van der Waals surface area (Å²) in [5.41, 5.74) is 1.92. The number of nitrogens with zero attached hydrogens (tertiary/aromatic N) is 2. The Balaban J connectivity index is 1.64. The van der Waals surface area contributed by atoms with Crippen LogP contribution in [-0.4, -0.2) is 22.4 Å². The number of rotatable bonds is 6. The van der Waals surface area contributed by atoms with E-state index in [1.807, 2.05) is 30.3 Å². The van der Waals surface area contributed by atoms with Gasteiger partial charge in [-0.3, -0.25) is 4.79 Å². The second-order valence-corrected chi connectivity index (χ2v) is 6.29. The van der Waals surface area contributed by atoms with Crippen molar-refractivity contribution in [1.82, 2.24) is 15.3 Å². The topological polar surface area (TPSA) is 66.9 Å². The molecular weight excluding hydrogens is 371 g/mol. The largest absolute Gasteiger partial charge is 0.350 e. The first-order valence-electron chi connectivity index (χ1n) is 7.99. The van der Waals surface area contributed by atoms with Crippen LogP contribution in [0.1, 0.15) is 16.1 Å². The maximum absolute atomic E-state index is 12.3. The van der Waals surface area contributed by atoms with Gasteiger partial charge in [-0.15, -0.1) is 0 Å². The Bertz CT molecular complexity index is 883. The highest BCUT2D eigenvalue weighted by Crippen LogP contribution is 2.31. The second-order valence-electron chi connectivity index (χ2n) is 5.48. The molecule has 132 valence electrons. The molecule has 1 heterocycles. The number of carbonyl (C=O) groups is 1. The molecule has 0 radical (unpaired) electrons. The monoisotopic (exact) mass is 386 g/mol. The molecule has 0 saturated heterocycles. The fraction of sp³-hybridized carbons (Fsp3) is 0.105. The molecule has 0 bridgehead atoms. The summed E-state index contributed by atoms with van der Waals surface area (Å²) in [5, 5.41) is 6.69. The minimum Gasteiger partial charge on any atom is -0.350 e. The Morgan fingerprint density at radius 1 is 0.962 bits per heavy atom. The molecule has 26 heavy (non-hydrogen) atoms. The highest BCUT2D eigenvalue weighted by atomic mass is 35.5. The number of carbonyl (C=O) groups excluding carboxylic acids is 1. The fourth-order valence-corrected chi connectivity index (χ4v) is 2.82. The Labute approximate surface area is 161 Å². The number of hydrogen-bond acceptors (Lipinski definition) is 4. The zero-order chi connectivity index (χ0) is 18.4. The lowest BCUT2D eigenvalue weighted by molar-refractivity contribution is 0.0949. The molecule has 0 aliphatic carbocycles. The third-order valence-electron chi connectivity index (χ3n) is 3.63. The lowest BCUT2D eigenvalue weighted by Crippen LogP contribution is -2.26. The fourth-order valence-electron chi connectivity index (χ4n) is 2.33. The van der Waals surface area contributed by atoms with Crippen LogP contribution >= 0.6 is 23.2 Å². The van der Waals surface area contributed by atoms with Crippen molar-refractivity contribution in [2.75, 3.05) is 11.9 Å². The van der Waals surface area contributed by atoms with Gasteiger partial charge in [-0.2, -0.15) is 0 Å². The first kappa shape index (κ1) is 18.2. The van der Waals surface area contributed by atoms with Gasteiger partial charge in [0.15, 0.2) is 0 Å². The smallest absolute Gasteiger partial charge is 0.270 e. The van der Waals surface area contributed by atoms with Crippen LogP contribution in [0, 0.1) is 0 Å². The zero-order valence-electron chi connectivity index (χ0n) is 13.7. The molecule has 3 aromatic rings. The van der Waals surface area contributed by atoms with E-state index in [4.69, 9.17) is 23.2 Å². The van der Waals surface area contributed by atoms with Crippen LogP contribution in [0.5, 0.6) is 0 Å². The molecule has 0 unspecified atom stereocenters. The summed E-state index contributed by atoms with van der Waals surface area (Å²) in [7, 11) is 0. The van der Waals surface area contributed by atoms with Crippen molar-refractivity contribution >= 4 is 40.7 Å². The molecule has 1 aromatic heterocycles. The van der Waals surface area contributed by atoms with Crippen molar-refractivity contribution in [2.24, 2.45) is 0 Å². The second kappa shape index (κ2) is 8.65. The Hall–Kier alpha value is -2.63. The average Bonchev–Trinajstić information content (AvgIpc) is 2.66. The number of anilines is 2. The third kappa shape index (κ3) is 4.71. The van der Waals surface area contributed by atoms with Crippen LogP contribution in [0.2, 0.25) is 10.0 Å². The Kier molecular flexibility index (Phi) is 6.04. The maximum Gasteiger partial charge on any atom is 0.270 e. The van der Waals surface area contributed by atoms with Crippen molar-refractivity contribution in [1.29, 1.82) is 0 Å². The number of halogens is 2. The first-order valence-corrected chi connectivity index (χ1v) is 8.75. The van der Waals surface area contributed by atoms with Gasteiger partial charge in [0.1, 0.15) is 5.69 Å². The van der Waals surface area contributed by atoms with Gasteiger partial charge < -0.3 is 10.6 Å². The van der Waals surface area contributed by atoms with Gasteiger partial charge in [-0.25, -0.2) is 9.97 Å². The van der Waals surface area contributed by atoms with Gasteiger partial charge in [0.05, 0.1) is 15.7 Å². The van der Waals surface area contributed by atoms with E-state index >= 15 is 0 Å². The standard InChI is InChI=1S/C19H16Cl2N4O/c20-14-7-4-8-15(21)17(14)25-19-23-12-10-16(24-19)18(26)22-11-9-13-5-2-1-3-6-13/h1-8,10,12H,9,11H2,(H,22,26)(H,23,24,25). The van der Waals surface area contributed by atoms with E-state index in [9.17, 15) is 4.79 Å². The lowest BCUT2D eigenvalue weighted by Gasteiger charge is -2.10. The van der Waals surface area contributed by atoms with Crippen LogP contribution in [0.15, 0.2) is 60.8 Å². The Morgan fingerprint density at radius 3 is 2.42 bits per heavy atom. The van der Waals surface area contributed by atoms with E-state index in [1.54, 1.807) is 24.3 Å². The summed E-state index contributed by atoms with van der Waals surface area (Å²) in [6, 6.07) is 16.6. The quantitative estimate of drug-likeness (QED) is 0.654. The molecule has 5 nitrogen and oxygen atoms in total. The number of hydrogen-bond donors (Lipinski definition) is 2. The SMILES string of the molecule is O=C(NCCc1ccccc1)c1ccnc(Nc2c(Cl)cccc2Cl)n1. The summed E-state index contributed by atoms with van der Waals surface area (Å²) in [4.78, 5) is 20.6. The van der Waals surface area contributed by atoms with Crippen molar-refractivity contribution in [3.05, 3.63) is 82.1 Å². The van der Waals surface area contributed by atoms with Gasteiger partial charge in [0.25, 0.3) is 5.91 Å². The normalized spacial score (nSPS) is 10.4. The van der Waals surface area contributed by atoms with Crippen molar-refractivity contribution in [3.8, 4) is 0 Å². The molecule has 0 aliphatic heterocycles. The van der Waals surface area contributed by atoms with Crippen LogP contribution in [0.4, 0.5) is 11.6 Å². The summed E-state index contributed by atoms with van der Waals surface area (Å²) in [6.45, 7) is 0.520. The summed E-state index contributed by atoms with van der Waals surface area (Å²) in [5.74, 6) is -0.0210. The molecule has 3 rings (SSSR count). The average molecular weight is 387 g/mol. The molecule has 0 saturated carbocycles. The Morgan fingerprint density at radius 2 is 1.69 bits per heavy atom. The number of aromatic nitrogens is 2. The highest BCUT2D eigenvalue weighted by molar-refractivity contribution is 6.39. The van der Waals surface area contributed by atoms with Crippen LogP contribution < -0.4 is 10.6 Å². The molecule has 0 fully saturated rings. The third-order valence-corrected chi connectivity index (χ3v) is 4.26. The van der Waals surface area contributed by atoms with Gasteiger partial charge in [-0.05, 0) is 30.2 Å². The van der Waals surface area contributed by atoms with E-state index in [0.29, 0.717) is 22.3 Å². The molecule has 0 spiro atoms. The van der Waals surface area contributed by atoms with E-state index in [0.717, 1.165) is 12.0 Å². The van der Waals surface area contributed by atoms with Crippen molar-refractivity contribution in [3.63, 3.8) is 0 Å². The van der Waals surface area contributed by atoms with E-state index in [2.05, 4.69) is 20.6 Å². The van der Waals surface area contributed by atoms with Gasteiger partial charge >= 0.3 is 0 Å². The molecule has 2 aromatic carbocycles. The van der Waals surface area contributed by atoms with E-state index in [-0.39, 0.29) is 17.5 Å². The van der Waals surface area contributed by atoms with Crippen molar-refractivity contribution in [2.45, 2.75) is 6.42 Å². The predicted octanol–water partition coefficient (Wildman–Crippen LogP) is 4.50. The summed E-state index contributed by atoms with van der Waals surface area (Å²) >= 11 is 12.3. The molecule has 1 amide bonds. The van der Waals surface area contributed by atoms with Crippen molar-refractivity contribution < 1.29 is 4.79 Å².